The van der Waals surface area contributed by atoms with Crippen LogP contribution in [0.4, 0.5) is 0 Å². The zero-order valence-electron chi connectivity index (χ0n) is 9.12. The van der Waals surface area contributed by atoms with Crippen molar-refractivity contribution in [2.45, 2.75) is 39.2 Å². The second kappa shape index (κ2) is 4.35. The maximum Gasteiger partial charge on any atom is 0.303 e. The van der Waals surface area contributed by atoms with Crippen LogP contribution in [0.3, 0.4) is 0 Å². The Balaban J connectivity index is 2.85. The summed E-state index contributed by atoms with van der Waals surface area (Å²) in [6.07, 6.45) is 2.36. The Bertz CT molecular complexity index is 366. The van der Waals surface area contributed by atoms with Crippen molar-refractivity contribution in [1.29, 1.82) is 0 Å². The predicted octanol–water partition coefficient (Wildman–Crippen LogP) is 2.42. The molecule has 1 aromatic heterocycles. The van der Waals surface area contributed by atoms with Crippen LogP contribution in [0.2, 0.25) is 0 Å². The fourth-order valence-corrected chi connectivity index (χ4v) is 2.17. The number of aryl methyl sites for hydroxylation is 1. The molecule has 0 amide bonds. The number of nitrogens with zero attached hydrogens (tertiary/aromatic N) is 2. The van der Waals surface area contributed by atoms with Crippen LogP contribution in [-0.2, 0) is 16.8 Å². The first kappa shape index (κ1) is 12.2. The highest BCUT2D eigenvalue weighted by Gasteiger charge is 2.19. The summed E-state index contributed by atoms with van der Waals surface area (Å²) in [6.45, 7) is 6.14. The Morgan fingerprint density at radius 1 is 1.60 bits per heavy atom. The molecule has 5 heteroatoms. The molecule has 0 atom stereocenters. The van der Waals surface area contributed by atoms with Crippen LogP contribution in [0.5, 0.6) is 0 Å². The van der Waals surface area contributed by atoms with Crippen molar-refractivity contribution in [1.82, 2.24) is 9.78 Å². The number of rotatable bonds is 3. The van der Waals surface area contributed by atoms with Crippen LogP contribution in [-0.4, -0.2) is 20.9 Å². The van der Waals surface area contributed by atoms with E-state index >= 15 is 0 Å². The van der Waals surface area contributed by atoms with E-state index in [1.165, 1.54) is 0 Å². The Labute approximate surface area is 97.4 Å². The highest BCUT2D eigenvalue weighted by molar-refractivity contribution is 9.10. The molecule has 0 radical (unpaired) electrons. The highest BCUT2D eigenvalue weighted by atomic mass is 79.9. The fourth-order valence-electron chi connectivity index (χ4n) is 1.24. The van der Waals surface area contributed by atoms with E-state index in [0.29, 0.717) is 6.42 Å². The summed E-state index contributed by atoms with van der Waals surface area (Å²) >= 11 is 3.44. The number of halogens is 1. The van der Waals surface area contributed by atoms with E-state index in [1.54, 1.807) is 6.20 Å². The van der Waals surface area contributed by atoms with Gasteiger partial charge in [-0.25, -0.2) is 0 Å². The number of aliphatic carboxylic acids is 1. The summed E-state index contributed by atoms with van der Waals surface area (Å²) in [7, 11) is 0. The van der Waals surface area contributed by atoms with Crippen molar-refractivity contribution in [3.05, 3.63) is 16.4 Å². The third-order valence-corrected chi connectivity index (χ3v) is 2.87. The molecule has 0 aliphatic carbocycles. The van der Waals surface area contributed by atoms with Gasteiger partial charge in [0, 0.05) is 12.0 Å². The molecule has 0 saturated heterocycles. The summed E-state index contributed by atoms with van der Waals surface area (Å²) in [5, 5.41) is 12.8. The number of carboxylic acid groups (broad SMARTS) is 1. The first-order chi connectivity index (χ1) is 6.82. The lowest BCUT2D eigenvalue weighted by Crippen LogP contribution is -2.23. The van der Waals surface area contributed by atoms with Crippen molar-refractivity contribution >= 4 is 21.9 Å². The van der Waals surface area contributed by atoms with Gasteiger partial charge in [-0.15, -0.1) is 0 Å². The molecule has 1 aromatic rings. The van der Waals surface area contributed by atoms with Gasteiger partial charge in [-0.3, -0.25) is 9.48 Å². The molecule has 0 unspecified atom stereocenters. The second-order valence-corrected chi connectivity index (χ2v) is 5.19. The van der Waals surface area contributed by atoms with E-state index in [9.17, 15) is 4.79 Å². The summed E-state index contributed by atoms with van der Waals surface area (Å²) in [4.78, 5) is 10.4. The van der Waals surface area contributed by atoms with Gasteiger partial charge in [0.15, 0.2) is 0 Å². The molecule has 1 rings (SSSR count). The van der Waals surface area contributed by atoms with Crippen LogP contribution >= 0.6 is 15.9 Å². The maximum atomic E-state index is 10.4. The standard InChI is InChI=1S/C10H15BrN2O2/c1-10(2,3)13-9(11)7(6-12-13)4-5-8(14)15/h6H,4-5H2,1-3H3,(H,14,15). The van der Waals surface area contributed by atoms with Gasteiger partial charge in [-0.05, 0) is 43.1 Å². The summed E-state index contributed by atoms with van der Waals surface area (Å²) in [5.74, 6) is -0.787. The average Bonchev–Trinajstić information content (AvgIpc) is 2.42. The zero-order chi connectivity index (χ0) is 11.6. The van der Waals surface area contributed by atoms with E-state index < -0.39 is 5.97 Å². The lowest BCUT2D eigenvalue weighted by Gasteiger charge is -2.20. The first-order valence-corrected chi connectivity index (χ1v) is 5.56. The second-order valence-electron chi connectivity index (χ2n) is 4.44. The van der Waals surface area contributed by atoms with Gasteiger partial charge in [0.1, 0.15) is 4.60 Å². The van der Waals surface area contributed by atoms with Gasteiger partial charge in [0.2, 0.25) is 0 Å². The molecule has 1 N–H and O–H groups in total. The molecular formula is C10H15BrN2O2. The summed E-state index contributed by atoms with van der Waals surface area (Å²) in [6, 6.07) is 0. The zero-order valence-corrected chi connectivity index (χ0v) is 10.7. The van der Waals surface area contributed by atoms with Gasteiger partial charge in [-0.2, -0.15) is 5.10 Å². The third-order valence-electron chi connectivity index (χ3n) is 2.02. The Hall–Kier alpha value is -0.840. The number of hydrogen-bond donors (Lipinski definition) is 1. The van der Waals surface area contributed by atoms with Gasteiger partial charge in [0.05, 0.1) is 11.7 Å². The number of carboxylic acids is 1. The molecule has 0 aliphatic rings. The van der Waals surface area contributed by atoms with Crippen molar-refractivity contribution in [2.75, 3.05) is 0 Å². The monoisotopic (exact) mass is 274 g/mol. The lowest BCUT2D eigenvalue weighted by atomic mass is 10.1. The number of hydrogen-bond acceptors (Lipinski definition) is 2. The highest BCUT2D eigenvalue weighted by Crippen LogP contribution is 2.24. The Kier molecular flexibility index (Phi) is 3.54. The van der Waals surface area contributed by atoms with E-state index in [0.717, 1.165) is 10.2 Å². The minimum absolute atomic E-state index is 0.0969. The first-order valence-electron chi connectivity index (χ1n) is 4.77. The maximum absolute atomic E-state index is 10.4. The Morgan fingerprint density at radius 3 is 2.60 bits per heavy atom. The molecule has 0 saturated carbocycles. The van der Waals surface area contributed by atoms with Gasteiger partial charge in [0.25, 0.3) is 0 Å². The molecule has 84 valence electrons. The SMILES string of the molecule is CC(C)(C)n1ncc(CCC(=O)O)c1Br. The van der Waals surface area contributed by atoms with E-state index in [4.69, 9.17) is 5.11 Å². The van der Waals surface area contributed by atoms with Gasteiger partial charge < -0.3 is 5.11 Å². The van der Waals surface area contributed by atoms with Crippen LogP contribution in [0, 0.1) is 0 Å². The van der Waals surface area contributed by atoms with Crippen LogP contribution < -0.4 is 0 Å². The Morgan fingerprint density at radius 2 is 2.20 bits per heavy atom. The molecule has 0 aliphatic heterocycles. The normalized spacial score (nSPS) is 11.7. The van der Waals surface area contributed by atoms with Crippen LogP contribution in [0.15, 0.2) is 10.8 Å². The molecule has 0 aromatic carbocycles. The van der Waals surface area contributed by atoms with Crippen LogP contribution in [0.25, 0.3) is 0 Å². The molecule has 0 spiro atoms. The van der Waals surface area contributed by atoms with Crippen molar-refractivity contribution in [3.8, 4) is 0 Å². The largest absolute Gasteiger partial charge is 0.481 e. The van der Waals surface area contributed by atoms with Crippen molar-refractivity contribution in [3.63, 3.8) is 0 Å². The van der Waals surface area contributed by atoms with E-state index in [2.05, 4.69) is 21.0 Å². The fraction of sp³-hybridized carbons (Fsp3) is 0.600. The topological polar surface area (TPSA) is 55.1 Å². The molecule has 0 fully saturated rings. The van der Waals surface area contributed by atoms with Gasteiger partial charge >= 0.3 is 5.97 Å². The molecule has 1 heterocycles. The minimum Gasteiger partial charge on any atom is -0.481 e. The lowest BCUT2D eigenvalue weighted by molar-refractivity contribution is -0.136. The number of aromatic nitrogens is 2. The molecule has 15 heavy (non-hydrogen) atoms. The molecule has 4 nitrogen and oxygen atoms in total. The predicted molar refractivity (Wildman–Crippen MR) is 60.9 cm³/mol. The third kappa shape index (κ3) is 3.06. The average molecular weight is 275 g/mol. The minimum atomic E-state index is -0.787. The van der Waals surface area contributed by atoms with Crippen molar-refractivity contribution in [2.24, 2.45) is 0 Å². The van der Waals surface area contributed by atoms with Gasteiger partial charge in [-0.1, -0.05) is 0 Å². The summed E-state index contributed by atoms with van der Waals surface area (Å²) < 4.78 is 2.72. The number of carbonyl (C=O) groups is 1. The smallest absolute Gasteiger partial charge is 0.303 e. The van der Waals surface area contributed by atoms with E-state index in [-0.39, 0.29) is 12.0 Å². The summed E-state index contributed by atoms with van der Waals surface area (Å²) in [5.41, 5.74) is 0.840. The molecular weight excluding hydrogens is 260 g/mol. The van der Waals surface area contributed by atoms with E-state index in [1.807, 2.05) is 25.5 Å². The van der Waals surface area contributed by atoms with Crippen LogP contribution in [0.1, 0.15) is 32.8 Å². The van der Waals surface area contributed by atoms with Crippen molar-refractivity contribution < 1.29 is 9.90 Å². The quantitative estimate of drug-likeness (QED) is 0.921. The molecule has 0 bridgehead atoms.